The van der Waals surface area contributed by atoms with Crippen molar-refractivity contribution in [3.05, 3.63) is 22.8 Å². The summed E-state index contributed by atoms with van der Waals surface area (Å²) in [6.07, 6.45) is 2.10. The molecule has 1 heterocycles. The van der Waals surface area contributed by atoms with E-state index in [9.17, 15) is 9.59 Å². The summed E-state index contributed by atoms with van der Waals surface area (Å²) in [6, 6.07) is 0. The highest BCUT2D eigenvalue weighted by molar-refractivity contribution is 7.13. The number of hydrogen-bond acceptors (Lipinski definition) is 7. The van der Waals surface area contributed by atoms with E-state index in [2.05, 4.69) is 10.3 Å². The largest absolute Gasteiger partial charge is 0.462 e. The molecule has 0 aromatic carbocycles. The van der Waals surface area contributed by atoms with Crippen LogP contribution in [0.15, 0.2) is 17.2 Å². The number of carbonyl (C=O) groups is 2. The summed E-state index contributed by atoms with van der Waals surface area (Å²) in [4.78, 5) is 27.7. The van der Waals surface area contributed by atoms with Crippen LogP contribution < -0.4 is 5.32 Å². The monoisotopic (exact) mass is 298 g/mol. The van der Waals surface area contributed by atoms with Crippen molar-refractivity contribution in [2.75, 3.05) is 18.5 Å². The third-order valence-electron chi connectivity index (χ3n) is 2.24. The van der Waals surface area contributed by atoms with Gasteiger partial charge < -0.3 is 14.8 Å². The lowest BCUT2D eigenvalue weighted by atomic mass is 10.3. The summed E-state index contributed by atoms with van der Waals surface area (Å²) in [5, 5.41) is 5.33. The third kappa shape index (κ3) is 4.65. The van der Waals surface area contributed by atoms with Crippen molar-refractivity contribution in [3.63, 3.8) is 0 Å². The minimum Gasteiger partial charge on any atom is -0.462 e. The molecule has 0 atom stereocenters. The molecule has 0 spiro atoms. The molecule has 0 bridgehead atoms. The summed E-state index contributed by atoms with van der Waals surface area (Å²) in [6.45, 7) is 5.71. The molecule has 1 aromatic rings. The van der Waals surface area contributed by atoms with E-state index in [0.717, 1.165) is 12.1 Å². The van der Waals surface area contributed by atoms with Gasteiger partial charge in [-0.05, 0) is 20.3 Å². The lowest BCUT2D eigenvalue weighted by molar-refractivity contribution is -0.146. The average Bonchev–Trinajstić information content (AvgIpc) is 2.87. The van der Waals surface area contributed by atoms with Crippen molar-refractivity contribution >= 4 is 28.4 Å². The molecule has 1 aromatic heterocycles. The van der Waals surface area contributed by atoms with Crippen molar-refractivity contribution in [2.45, 2.75) is 27.2 Å². The van der Waals surface area contributed by atoms with Crippen LogP contribution in [0.2, 0.25) is 0 Å². The number of carbonyl (C=O) groups excluding carboxylic acids is 2. The van der Waals surface area contributed by atoms with Gasteiger partial charge in [0.15, 0.2) is 10.7 Å². The Balaban J connectivity index is 2.83. The van der Waals surface area contributed by atoms with E-state index < -0.39 is 11.9 Å². The molecule has 0 aliphatic carbocycles. The molecule has 20 heavy (non-hydrogen) atoms. The molecule has 0 radical (unpaired) electrons. The van der Waals surface area contributed by atoms with Gasteiger partial charge in [-0.25, -0.2) is 14.6 Å². The smallest absolute Gasteiger partial charge is 0.347 e. The van der Waals surface area contributed by atoms with Gasteiger partial charge in [-0.3, -0.25) is 0 Å². The first kappa shape index (κ1) is 16.2. The van der Waals surface area contributed by atoms with E-state index in [1.54, 1.807) is 13.8 Å². The highest BCUT2D eigenvalue weighted by Crippen LogP contribution is 2.16. The second-order valence-corrected chi connectivity index (χ2v) is 4.50. The Kier molecular flexibility index (Phi) is 6.72. The van der Waals surface area contributed by atoms with Crippen molar-refractivity contribution in [1.29, 1.82) is 0 Å². The number of ether oxygens (including phenoxy) is 2. The molecule has 0 aliphatic heterocycles. The molecular formula is C13H18N2O4S. The first-order valence-electron chi connectivity index (χ1n) is 6.37. The van der Waals surface area contributed by atoms with Crippen LogP contribution in [0.1, 0.15) is 26.5 Å². The number of aromatic nitrogens is 1. The molecule has 0 fully saturated rings. The number of hydrogen-bond donors (Lipinski definition) is 1. The predicted octanol–water partition coefficient (Wildman–Crippen LogP) is 2.13. The van der Waals surface area contributed by atoms with Gasteiger partial charge in [0.1, 0.15) is 0 Å². The summed E-state index contributed by atoms with van der Waals surface area (Å²) in [5.74, 6) is -1.43. The van der Waals surface area contributed by atoms with Gasteiger partial charge in [0, 0.05) is 11.6 Å². The summed E-state index contributed by atoms with van der Waals surface area (Å²) in [7, 11) is 0. The number of nitrogens with zero attached hydrogens (tertiary/aromatic N) is 1. The molecule has 1 N–H and O–H groups in total. The minimum atomic E-state index is -0.717. The number of aryl methyl sites for hydroxylation is 1. The van der Waals surface area contributed by atoms with Crippen LogP contribution >= 0.6 is 11.3 Å². The number of esters is 2. The third-order valence-corrected chi connectivity index (χ3v) is 3.07. The molecule has 110 valence electrons. The summed E-state index contributed by atoms with van der Waals surface area (Å²) >= 11 is 1.40. The fourth-order valence-corrected chi connectivity index (χ4v) is 2.05. The first-order valence-corrected chi connectivity index (χ1v) is 7.25. The fourth-order valence-electron chi connectivity index (χ4n) is 1.29. The normalized spacial score (nSPS) is 9.75. The standard InChI is InChI=1S/C13H18N2O4S/c1-4-9-8-20-13(15-9)14-7-10(11(16)18-5-2)12(17)19-6-3/h7-8H,4-6H2,1-3H3,(H,14,15). The minimum absolute atomic E-state index is 0.179. The van der Waals surface area contributed by atoms with Crippen molar-refractivity contribution in [1.82, 2.24) is 4.98 Å². The van der Waals surface area contributed by atoms with Crippen molar-refractivity contribution in [2.24, 2.45) is 0 Å². The van der Waals surface area contributed by atoms with E-state index >= 15 is 0 Å². The number of thiazole rings is 1. The van der Waals surface area contributed by atoms with Gasteiger partial charge in [0.05, 0.1) is 18.9 Å². The molecule has 0 saturated carbocycles. The van der Waals surface area contributed by atoms with Gasteiger partial charge in [-0.1, -0.05) is 6.92 Å². The topological polar surface area (TPSA) is 77.5 Å². The maximum Gasteiger partial charge on any atom is 0.347 e. The number of rotatable bonds is 7. The fraction of sp³-hybridized carbons (Fsp3) is 0.462. The molecule has 6 nitrogen and oxygen atoms in total. The van der Waals surface area contributed by atoms with Crippen molar-refractivity contribution in [3.8, 4) is 0 Å². The maximum absolute atomic E-state index is 11.7. The lowest BCUT2D eigenvalue weighted by Crippen LogP contribution is -2.19. The first-order chi connectivity index (χ1) is 9.62. The van der Waals surface area contributed by atoms with Gasteiger partial charge in [-0.15, -0.1) is 11.3 Å². The Bertz CT molecular complexity index is 476. The molecule has 7 heteroatoms. The van der Waals surface area contributed by atoms with E-state index in [1.165, 1.54) is 17.5 Å². The highest BCUT2D eigenvalue weighted by Gasteiger charge is 2.21. The average molecular weight is 298 g/mol. The lowest BCUT2D eigenvalue weighted by Gasteiger charge is -2.06. The Morgan fingerprint density at radius 1 is 1.25 bits per heavy atom. The summed E-state index contributed by atoms with van der Waals surface area (Å²) in [5.41, 5.74) is 0.765. The van der Waals surface area contributed by atoms with Crippen molar-refractivity contribution < 1.29 is 19.1 Å². The van der Waals surface area contributed by atoms with Crippen LogP contribution in [0.4, 0.5) is 5.13 Å². The molecular weight excluding hydrogens is 280 g/mol. The molecule has 0 unspecified atom stereocenters. The van der Waals surface area contributed by atoms with Crippen LogP contribution in [0, 0.1) is 0 Å². The quantitative estimate of drug-likeness (QED) is 0.359. The van der Waals surface area contributed by atoms with E-state index in [4.69, 9.17) is 9.47 Å². The molecule has 1 rings (SSSR count). The molecule has 0 amide bonds. The van der Waals surface area contributed by atoms with E-state index in [0.29, 0.717) is 5.13 Å². The van der Waals surface area contributed by atoms with Gasteiger partial charge in [0.25, 0.3) is 0 Å². The Labute approximate surface area is 121 Å². The van der Waals surface area contributed by atoms with Crippen LogP contribution in [-0.2, 0) is 25.5 Å². The van der Waals surface area contributed by atoms with Gasteiger partial charge in [0.2, 0.25) is 0 Å². The second kappa shape index (κ2) is 8.31. The maximum atomic E-state index is 11.7. The van der Waals surface area contributed by atoms with E-state index in [-0.39, 0.29) is 18.8 Å². The van der Waals surface area contributed by atoms with Crippen LogP contribution in [0.5, 0.6) is 0 Å². The number of anilines is 1. The zero-order valence-corrected chi connectivity index (χ0v) is 12.6. The van der Waals surface area contributed by atoms with Crippen LogP contribution in [0.25, 0.3) is 0 Å². The predicted molar refractivity (Wildman–Crippen MR) is 76.5 cm³/mol. The van der Waals surface area contributed by atoms with E-state index in [1.807, 2.05) is 12.3 Å². The second-order valence-electron chi connectivity index (χ2n) is 3.64. The highest BCUT2D eigenvalue weighted by atomic mass is 32.1. The Morgan fingerprint density at radius 3 is 2.30 bits per heavy atom. The SMILES string of the molecule is CCOC(=O)C(=CNc1nc(CC)cs1)C(=O)OCC. The Hall–Kier alpha value is -1.89. The zero-order chi connectivity index (χ0) is 15.0. The van der Waals surface area contributed by atoms with Crippen LogP contribution in [0.3, 0.4) is 0 Å². The van der Waals surface area contributed by atoms with Gasteiger partial charge >= 0.3 is 11.9 Å². The Morgan fingerprint density at radius 2 is 1.85 bits per heavy atom. The molecule has 0 aliphatic rings. The van der Waals surface area contributed by atoms with Gasteiger partial charge in [-0.2, -0.15) is 0 Å². The summed E-state index contributed by atoms with van der Waals surface area (Å²) < 4.78 is 9.64. The zero-order valence-electron chi connectivity index (χ0n) is 11.8. The number of nitrogens with one attached hydrogen (secondary N) is 1. The van der Waals surface area contributed by atoms with Crippen LogP contribution in [-0.4, -0.2) is 30.1 Å². The molecule has 0 saturated heterocycles.